The van der Waals surface area contributed by atoms with Crippen LogP contribution in [0.3, 0.4) is 0 Å². The Hall–Kier alpha value is -1.57. The number of aromatic nitrogens is 2. The second kappa shape index (κ2) is 8.21. The van der Waals surface area contributed by atoms with Crippen molar-refractivity contribution in [1.82, 2.24) is 14.9 Å². The number of rotatable bonds is 5. The monoisotopic (exact) mass is 381 g/mol. The highest BCUT2D eigenvalue weighted by atomic mass is 35.5. The third kappa shape index (κ3) is 4.54. The van der Waals surface area contributed by atoms with Gasteiger partial charge in [0.25, 0.3) is 0 Å². The van der Waals surface area contributed by atoms with Gasteiger partial charge in [-0.05, 0) is 31.0 Å². The maximum atomic E-state index is 13.0. The van der Waals surface area contributed by atoms with Gasteiger partial charge >= 0.3 is 0 Å². The predicted octanol–water partition coefficient (Wildman–Crippen LogP) is 3.35. The number of hydrogen-bond acceptors (Lipinski definition) is 6. The molecule has 2 heterocycles. The molecule has 0 unspecified atom stereocenters. The minimum atomic E-state index is -0.246. The molecule has 25 heavy (non-hydrogen) atoms. The number of likely N-dealkylation sites (N-methyl/N-ethyl adjacent to an activating group) is 1. The first-order chi connectivity index (χ1) is 12.1. The molecule has 0 radical (unpaired) electrons. The fourth-order valence-corrected chi connectivity index (χ4v) is 3.65. The zero-order valence-corrected chi connectivity index (χ0v) is 15.9. The Balaban J connectivity index is 1.79. The molecule has 1 aliphatic rings. The van der Waals surface area contributed by atoms with Crippen LogP contribution in [-0.4, -0.2) is 54.4 Å². The van der Waals surface area contributed by atoms with E-state index < -0.39 is 0 Å². The van der Waals surface area contributed by atoms with Crippen molar-refractivity contribution in [1.29, 1.82) is 0 Å². The van der Waals surface area contributed by atoms with Gasteiger partial charge in [-0.3, -0.25) is 0 Å². The zero-order chi connectivity index (χ0) is 17.8. The van der Waals surface area contributed by atoms with Crippen molar-refractivity contribution in [3.8, 4) is 0 Å². The van der Waals surface area contributed by atoms with Gasteiger partial charge < -0.3 is 15.1 Å². The Morgan fingerprint density at radius 3 is 2.48 bits per heavy atom. The number of thioether (sulfide) groups is 1. The molecule has 1 aromatic heterocycles. The summed E-state index contributed by atoms with van der Waals surface area (Å²) in [6, 6.07) is 6.36. The summed E-state index contributed by atoms with van der Waals surface area (Å²) < 4.78 is 13.0. The van der Waals surface area contributed by atoms with Crippen molar-refractivity contribution in [2.75, 3.05) is 49.7 Å². The summed E-state index contributed by atoms with van der Waals surface area (Å²) in [5.74, 6) is 1.12. The lowest BCUT2D eigenvalue weighted by molar-refractivity contribution is 0.311. The van der Waals surface area contributed by atoms with Crippen molar-refractivity contribution < 1.29 is 4.39 Å². The van der Waals surface area contributed by atoms with E-state index in [1.165, 1.54) is 12.1 Å². The highest BCUT2D eigenvalue weighted by molar-refractivity contribution is 7.98. The summed E-state index contributed by atoms with van der Waals surface area (Å²) in [5, 5.41) is 3.64. The van der Waals surface area contributed by atoms with E-state index in [1.807, 2.05) is 6.26 Å². The van der Waals surface area contributed by atoms with Crippen LogP contribution in [-0.2, 0) is 6.54 Å². The van der Waals surface area contributed by atoms with Crippen molar-refractivity contribution in [3.63, 3.8) is 0 Å². The van der Waals surface area contributed by atoms with Crippen molar-refractivity contribution in [2.45, 2.75) is 11.4 Å². The first kappa shape index (κ1) is 18.2. The van der Waals surface area contributed by atoms with Gasteiger partial charge in [-0.25, -0.2) is 4.39 Å². The molecular weight excluding hydrogens is 361 g/mol. The number of halogens is 2. The van der Waals surface area contributed by atoms with Crippen molar-refractivity contribution in [3.05, 3.63) is 40.8 Å². The SMILES string of the molecule is CSc1c(Cl)nc(NCc2ccc(F)cc2)nc1N1CCN(C)CC1. The Morgan fingerprint density at radius 2 is 1.84 bits per heavy atom. The molecule has 1 fully saturated rings. The van der Waals surface area contributed by atoms with Gasteiger partial charge in [0.2, 0.25) is 5.95 Å². The van der Waals surface area contributed by atoms with Crippen LogP contribution >= 0.6 is 23.4 Å². The number of nitrogens with one attached hydrogen (secondary N) is 1. The number of benzene rings is 1. The van der Waals surface area contributed by atoms with Crippen LogP contribution in [0.1, 0.15) is 5.56 Å². The molecular formula is C17H21ClFN5S. The minimum Gasteiger partial charge on any atom is -0.353 e. The molecule has 3 rings (SSSR count). The largest absolute Gasteiger partial charge is 0.353 e. The smallest absolute Gasteiger partial charge is 0.226 e. The molecule has 2 aromatic rings. The third-order valence-electron chi connectivity index (χ3n) is 4.18. The topological polar surface area (TPSA) is 44.3 Å². The van der Waals surface area contributed by atoms with E-state index in [9.17, 15) is 4.39 Å². The summed E-state index contributed by atoms with van der Waals surface area (Å²) in [6.07, 6.45) is 1.98. The highest BCUT2D eigenvalue weighted by Gasteiger charge is 2.21. The van der Waals surface area contributed by atoms with E-state index in [-0.39, 0.29) is 5.82 Å². The fraction of sp³-hybridized carbons (Fsp3) is 0.412. The molecule has 134 valence electrons. The lowest BCUT2D eigenvalue weighted by Gasteiger charge is -2.34. The van der Waals surface area contributed by atoms with Gasteiger partial charge in [0.05, 0.1) is 4.90 Å². The zero-order valence-electron chi connectivity index (χ0n) is 14.3. The molecule has 1 aromatic carbocycles. The Bertz CT molecular complexity index is 720. The first-order valence-electron chi connectivity index (χ1n) is 8.10. The number of anilines is 2. The van der Waals surface area contributed by atoms with Gasteiger partial charge in [-0.15, -0.1) is 11.8 Å². The van der Waals surface area contributed by atoms with E-state index in [1.54, 1.807) is 23.9 Å². The van der Waals surface area contributed by atoms with Gasteiger partial charge in [-0.1, -0.05) is 23.7 Å². The van der Waals surface area contributed by atoms with Crippen molar-refractivity contribution >= 4 is 35.1 Å². The quantitative estimate of drug-likeness (QED) is 0.633. The van der Waals surface area contributed by atoms with Crippen LogP contribution < -0.4 is 10.2 Å². The Morgan fingerprint density at radius 1 is 1.16 bits per heavy atom. The van der Waals surface area contributed by atoms with Crippen LogP contribution in [0.2, 0.25) is 5.15 Å². The number of hydrogen-bond donors (Lipinski definition) is 1. The van der Waals surface area contributed by atoms with Crippen LogP contribution in [0.4, 0.5) is 16.2 Å². The average Bonchev–Trinajstić information content (AvgIpc) is 2.61. The molecule has 0 bridgehead atoms. The van der Waals surface area contributed by atoms with Crippen LogP contribution in [0.5, 0.6) is 0 Å². The van der Waals surface area contributed by atoms with E-state index in [4.69, 9.17) is 16.6 Å². The second-order valence-electron chi connectivity index (χ2n) is 5.97. The molecule has 8 heteroatoms. The van der Waals surface area contributed by atoms with E-state index >= 15 is 0 Å². The van der Waals surface area contributed by atoms with Gasteiger partial charge in [0.15, 0.2) is 0 Å². The van der Waals surface area contributed by atoms with E-state index in [0.29, 0.717) is 17.6 Å². The summed E-state index contributed by atoms with van der Waals surface area (Å²) in [7, 11) is 2.12. The maximum Gasteiger partial charge on any atom is 0.226 e. The van der Waals surface area contributed by atoms with E-state index in [2.05, 4.69) is 27.1 Å². The highest BCUT2D eigenvalue weighted by Crippen LogP contribution is 2.34. The fourth-order valence-electron chi connectivity index (χ4n) is 2.68. The number of nitrogens with zero attached hydrogens (tertiary/aromatic N) is 4. The molecule has 0 spiro atoms. The summed E-state index contributed by atoms with van der Waals surface area (Å²) in [4.78, 5) is 14.5. The molecule has 0 saturated carbocycles. The molecule has 0 amide bonds. The molecule has 0 aliphatic carbocycles. The van der Waals surface area contributed by atoms with Gasteiger partial charge in [0, 0.05) is 32.7 Å². The van der Waals surface area contributed by atoms with Crippen LogP contribution in [0.25, 0.3) is 0 Å². The summed E-state index contributed by atoms with van der Waals surface area (Å²) in [6.45, 7) is 4.32. The molecule has 0 atom stereocenters. The Kier molecular flexibility index (Phi) is 5.98. The molecule has 1 aliphatic heterocycles. The standard InChI is InChI=1S/C17H21ClFN5S/c1-23-7-9-24(10-8-23)16-14(25-2)15(18)21-17(22-16)20-11-12-3-5-13(19)6-4-12/h3-6H,7-11H2,1-2H3,(H,20,21,22). The minimum absolute atomic E-state index is 0.246. The summed E-state index contributed by atoms with van der Waals surface area (Å²) in [5.41, 5.74) is 0.955. The third-order valence-corrected chi connectivity index (χ3v) is 5.35. The molecule has 5 nitrogen and oxygen atoms in total. The van der Waals surface area contributed by atoms with Gasteiger partial charge in [0.1, 0.15) is 16.8 Å². The predicted molar refractivity (Wildman–Crippen MR) is 102 cm³/mol. The van der Waals surface area contributed by atoms with Crippen LogP contribution in [0, 0.1) is 5.82 Å². The maximum absolute atomic E-state index is 13.0. The first-order valence-corrected chi connectivity index (χ1v) is 9.70. The Labute approximate surface area is 156 Å². The lowest BCUT2D eigenvalue weighted by Crippen LogP contribution is -2.45. The summed E-state index contributed by atoms with van der Waals surface area (Å²) >= 11 is 7.95. The second-order valence-corrected chi connectivity index (χ2v) is 7.14. The normalized spacial score (nSPS) is 15.4. The van der Waals surface area contributed by atoms with Gasteiger partial charge in [-0.2, -0.15) is 9.97 Å². The average molecular weight is 382 g/mol. The lowest BCUT2D eigenvalue weighted by atomic mass is 10.2. The van der Waals surface area contributed by atoms with Crippen LogP contribution in [0.15, 0.2) is 29.2 Å². The van der Waals surface area contributed by atoms with Crippen molar-refractivity contribution in [2.24, 2.45) is 0 Å². The molecule has 1 N–H and O–H groups in total. The number of piperazine rings is 1. The van der Waals surface area contributed by atoms with E-state index in [0.717, 1.165) is 42.5 Å². The molecule has 1 saturated heterocycles.